The smallest absolute Gasteiger partial charge is 0.0422 e. The van der Waals surface area contributed by atoms with Crippen LogP contribution < -0.4 is 5.32 Å². The van der Waals surface area contributed by atoms with E-state index in [-0.39, 0.29) is 0 Å². The molecule has 0 aliphatic rings. The van der Waals surface area contributed by atoms with Crippen molar-refractivity contribution in [2.45, 2.75) is 6.54 Å². The van der Waals surface area contributed by atoms with E-state index >= 15 is 0 Å². The molecule has 20 heavy (non-hydrogen) atoms. The van der Waals surface area contributed by atoms with E-state index in [1.807, 2.05) is 12.1 Å². The molecule has 0 aliphatic heterocycles. The summed E-state index contributed by atoms with van der Waals surface area (Å²) in [4.78, 5) is 0. The summed E-state index contributed by atoms with van der Waals surface area (Å²) >= 11 is 0. The maximum atomic E-state index is 3.53. The van der Waals surface area contributed by atoms with Crippen LogP contribution in [-0.2, 0) is 6.54 Å². The first-order valence-electron chi connectivity index (χ1n) is 6.86. The van der Waals surface area contributed by atoms with Crippen LogP contribution in [0.3, 0.4) is 0 Å². The number of rotatable bonds is 4. The highest BCUT2D eigenvalue weighted by Gasteiger charge is 2.03. The highest BCUT2D eigenvalue weighted by molar-refractivity contribution is 5.77. The average Bonchev–Trinajstić information content (AvgIpc) is 2.55. The standard InChI is InChI=1S/C19H17N/c1-3-9-16(10-4-1)15-20-19-14-8-7-13-18(19)17-11-5-2-6-12-17/h1-14,20H,15H2. The van der Waals surface area contributed by atoms with E-state index in [0.29, 0.717) is 0 Å². The Morgan fingerprint density at radius 3 is 1.95 bits per heavy atom. The molecule has 0 amide bonds. The predicted octanol–water partition coefficient (Wildman–Crippen LogP) is 4.97. The predicted molar refractivity (Wildman–Crippen MR) is 85.6 cm³/mol. The molecular formula is C19H17N. The van der Waals surface area contributed by atoms with Crippen molar-refractivity contribution in [2.24, 2.45) is 0 Å². The van der Waals surface area contributed by atoms with Crippen molar-refractivity contribution >= 4 is 5.69 Å². The third kappa shape index (κ3) is 2.89. The summed E-state index contributed by atoms with van der Waals surface area (Å²) in [7, 11) is 0. The lowest BCUT2D eigenvalue weighted by Crippen LogP contribution is -2.00. The van der Waals surface area contributed by atoms with Crippen molar-refractivity contribution in [3.05, 3.63) is 90.5 Å². The Bertz CT molecular complexity index is 660. The van der Waals surface area contributed by atoms with Gasteiger partial charge in [0.25, 0.3) is 0 Å². The summed E-state index contributed by atoms with van der Waals surface area (Å²) in [6.45, 7) is 0.838. The maximum Gasteiger partial charge on any atom is 0.0422 e. The van der Waals surface area contributed by atoms with Crippen LogP contribution in [-0.4, -0.2) is 0 Å². The number of nitrogens with one attached hydrogen (secondary N) is 1. The Kier molecular flexibility index (Phi) is 3.79. The zero-order valence-electron chi connectivity index (χ0n) is 11.3. The lowest BCUT2D eigenvalue weighted by molar-refractivity contribution is 1.15. The molecule has 0 saturated carbocycles. The van der Waals surface area contributed by atoms with Gasteiger partial charge in [-0.2, -0.15) is 0 Å². The molecule has 1 nitrogen and oxygen atoms in total. The number of benzene rings is 3. The first kappa shape index (κ1) is 12.5. The number of hydrogen-bond acceptors (Lipinski definition) is 1. The Morgan fingerprint density at radius 1 is 0.600 bits per heavy atom. The minimum atomic E-state index is 0.838. The molecule has 0 atom stereocenters. The van der Waals surface area contributed by atoms with Gasteiger partial charge in [0, 0.05) is 17.8 Å². The summed E-state index contributed by atoms with van der Waals surface area (Å²) in [5, 5.41) is 3.53. The van der Waals surface area contributed by atoms with Gasteiger partial charge in [-0.3, -0.25) is 0 Å². The van der Waals surface area contributed by atoms with Crippen LogP contribution in [0.1, 0.15) is 5.56 Å². The zero-order chi connectivity index (χ0) is 13.6. The van der Waals surface area contributed by atoms with Crippen LogP contribution in [0.4, 0.5) is 5.69 Å². The normalized spacial score (nSPS) is 10.2. The first-order valence-corrected chi connectivity index (χ1v) is 6.86. The molecule has 0 unspecified atom stereocenters. The fraction of sp³-hybridized carbons (Fsp3) is 0.0526. The summed E-state index contributed by atoms with van der Waals surface area (Å²) in [5.41, 5.74) is 4.94. The second kappa shape index (κ2) is 6.07. The van der Waals surface area contributed by atoms with Crippen molar-refractivity contribution < 1.29 is 0 Å². The molecule has 0 bridgehead atoms. The van der Waals surface area contributed by atoms with E-state index in [1.165, 1.54) is 22.4 Å². The largest absolute Gasteiger partial charge is 0.380 e. The second-order valence-corrected chi connectivity index (χ2v) is 4.75. The van der Waals surface area contributed by atoms with Crippen molar-refractivity contribution in [3.63, 3.8) is 0 Å². The lowest BCUT2D eigenvalue weighted by atomic mass is 10.0. The molecule has 3 aromatic carbocycles. The minimum absolute atomic E-state index is 0.838. The van der Waals surface area contributed by atoms with E-state index in [1.54, 1.807) is 0 Å². The third-order valence-electron chi connectivity index (χ3n) is 3.34. The summed E-state index contributed by atoms with van der Waals surface area (Å²) in [6, 6.07) is 29.4. The lowest BCUT2D eigenvalue weighted by Gasteiger charge is -2.12. The second-order valence-electron chi connectivity index (χ2n) is 4.75. The fourth-order valence-electron chi connectivity index (χ4n) is 2.30. The quantitative estimate of drug-likeness (QED) is 0.697. The molecule has 0 heterocycles. The molecule has 0 aliphatic carbocycles. The van der Waals surface area contributed by atoms with E-state index in [2.05, 4.69) is 78.1 Å². The van der Waals surface area contributed by atoms with Crippen LogP contribution in [0.2, 0.25) is 0 Å². The summed E-state index contributed by atoms with van der Waals surface area (Å²) in [6.07, 6.45) is 0. The Hall–Kier alpha value is -2.54. The van der Waals surface area contributed by atoms with Crippen molar-refractivity contribution in [3.8, 4) is 11.1 Å². The molecule has 3 rings (SSSR count). The summed E-state index contributed by atoms with van der Waals surface area (Å²) < 4.78 is 0. The molecule has 0 spiro atoms. The van der Waals surface area contributed by atoms with E-state index in [4.69, 9.17) is 0 Å². The van der Waals surface area contributed by atoms with Gasteiger partial charge in [-0.25, -0.2) is 0 Å². The Balaban J connectivity index is 1.84. The van der Waals surface area contributed by atoms with Crippen LogP contribution in [0.5, 0.6) is 0 Å². The molecule has 0 fully saturated rings. The molecule has 0 saturated heterocycles. The van der Waals surface area contributed by atoms with Gasteiger partial charge in [0.15, 0.2) is 0 Å². The first-order chi connectivity index (χ1) is 9.93. The fourth-order valence-corrected chi connectivity index (χ4v) is 2.30. The van der Waals surface area contributed by atoms with Crippen molar-refractivity contribution in [1.29, 1.82) is 0 Å². The van der Waals surface area contributed by atoms with Crippen LogP contribution in [0, 0.1) is 0 Å². The monoisotopic (exact) mass is 259 g/mol. The Morgan fingerprint density at radius 2 is 1.20 bits per heavy atom. The average molecular weight is 259 g/mol. The molecule has 98 valence electrons. The highest BCUT2D eigenvalue weighted by atomic mass is 14.9. The number of hydrogen-bond donors (Lipinski definition) is 1. The number of anilines is 1. The van der Waals surface area contributed by atoms with E-state index < -0.39 is 0 Å². The Labute approximate surface area is 119 Å². The third-order valence-corrected chi connectivity index (χ3v) is 3.34. The molecular weight excluding hydrogens is 242 g/mol. The van der Waals surface area contributed by atoms with E-state index in [0.717, 1.165) is 6.54 Å². The van der Waals surface area contributed by atoms with Gasteiger partial charge >= 0.3 is 0 Å². The zero-order valence-corrected chi connectivity index (χ0v) is 11.3. The summed E-state index contributed by atoms with van der Waals surface area (Å²) in [5.74, 6) is 0. The van der Waals surface area contributed by atoms with Crippen molar-refractivity contribution in [2.75, 3.05) is 5.32 Å². The maximum absolute atomic E-state index is 3.53. The topological polar surface area (TPSA) is 12.0 Å². The number of para-hydroxylation sites is 1. The molecule has 3 aromatic rings. The van der Waals surface area contributed by atoms with Gasteiger partial charge in [0.2, 0.25) is 0 Å². The SMILES string of the molecule is c1ccc(CNc2ccccc2-c2ccccc2)cc1. The molecule has 1 N–H and O–H groups in total. The molecule has 1 heteroatoms. The van der Waals surface area contributed by atoms with Crippen LogP contribution >= 0.6 is 0 Å². The van der Waals surface area contributed by atoms with E-state index in [9.17, 15) is 0 Å². The van der Waals surface area contributed by atoms with Crippen molar-refractivity contribution in [1.82, 2.24) is 0 Å². The van der Waals surface area contributed by atoms with Gasteiger partial charge in [-0.05, 0) is 17.2 Å². The van der Waals surface area contributed by atoms with Crippen LogP contribution in [0.25, 0.3) is 11.1 Å². The van der Waals surface area contributed by atoms with Gasteiger partial charge < -0.3 is 5.32 Å². The molecule has 0 aromatic heterocycles. The van der Waals surface area contributed by atoms with Gasteiger partial charge in [-0.1, -0.05) is 78.9 Å². The molecule has 0 radical (unpaired) electrons. The van der Waals surface area contributed by atoms with Gasteiger partial charge in [0.1, 0.15) is 0 Å². The van der Waals surface area contributed by atoms with Crippen LogP contribution in [0.15, 0.2) is 84.9 Å². The minimum Gasteiger partial charge on any atom is -0.380 e. The van der Waals surface area contributed by atoms with Gasteiger partial charge in [0.05, 0.1) is 0 Å². The van der Waals surface area contributed by atoms with Gasteiger partial charge in [-0.15, -0.1) is 0 Å². The highest BCUT2D eigenvalue weighted by Crippen LogP contribution is 2.27.